The summed E-state index contributed by atoms with van der Waals surface area (Å²) >= 11 is 0. The Hall–Kier alpha value is -1.59. The van der Waals surface area contributed by atoms with Crippen LogP contribution in [0.5, 0.6) is 5.75 Å². The maximum Gasteiger partial charge on any atom is 0.256 e. The van der Waals surface area contributed by atoms with E-state index < -0.39 is 5.60 Å². The summed E-state index contributed by atoms with van der Waals surface area (Å²) in [5, 5.41) is 3.03. The minimum atomic E-state index is -0.725. The molecule has 1 aromatic carbocycles. The Morgan fingerprint density at radius 1 is 1.17 bits per heavy atom. The van der Waals surface area contributed by atoms with Gasteiger partial charge in [-0.3, -0.25) is 4.79 Å². The van der Waals surface area contributed by atoms with Crippen LogP contribution in [0.1, 0.15) is 65.7 Å². The lowest BCUT2D eigenvalue weighted by atomic mass is 9.98. The number of piperidine rings is 1. The topological polar surface area (TPSA) is 50.8 Å². The van der Waals surface area contributed by atoms with Gasteiger partial charge in [-0.15, -0.1) is 0 Å². The summed E-state index contributed by atoms with van der Waals surface area (Å²) in [5.74, 6) is 1.14. The fourth-order valence-corrected chi connectivity index (χ4v) is 4.15. The van der Waals surface area contributed by atoms with E-state index in [9.17, 15) is 4.79 Å². The third kappa shape index (κ3) is 6.19. The highest BCUT2D eigenvalue weighted by atomic mass is 16.5. The monoisotopic (exact) mass is 402 g/mol. The second-order valence-electron chi connectivity index (χ2n) is 8.79. The predicted octanol–water partition coefficient (Wildman–Crippen LogP) is 4.86. The van der Waals surface area contributed by atoms with Crippen LogP contribution >= 0.6 is 0 Å². The number of benzene rings is 1. The minimum Gasteiger partial charge on any atom is -0.494 e. The van der Waals surface area contributed by atoms with Gasteiger partial charge in [0.15, 0.2) is 0 Å². The van der Waals surface area contributed by atoms with Gasteiger partial charge in [-0.25, -0.2) is 0 Å². The van der Waals surface area contributed by atoms with Gasteiger partial charge in [0.25, 0.3) is 5.91 Å². The van der Waals surface area contributed by atoms with Crippen molar-refractivity contribution in [2.75, 3.05) is 31.6 Å². The second kappa shape index (κ2) is 10.4. The highest BCUT2D eigenvalue weighted by Crippen LogP contribution is 2.42. The first-order chi connectivity index (χ1) is 14.0. The zero-order valence-electron chi connectivity index (χ0n) is 18.4. The highest BCUT2D eigenvalue weighted by molar-refractivity contribution is 5.97. The number of nitrogens with one attached hydrogen (secondary N) is 1. The Kier molecular flexibility index (Phi) is 7.96. The third-order valence-corrected chi connectivity index (χ3v) is 6.32. The summed E-state index contributed by atoms with van der Waals surface area (Å²) in [7, 11) is 0. The zero-order chi connectivity index (χ0) is 20.7. The molecule has 0 aromatic heterocycles. The Bertz CT molecular complexity index is 644. The molecule has 1 aliphatic carbocycles. The van der Waals surface area contributed by atoms with Crippen LogP contribution in [-0.2, 0) is 9.53 Å². The summed E-state index contributed by atoms with van der Waals surface area (Å²) in [5.41, 5.74) is 0.0630. The largest absolute Gasteiger partial charge is 0.494 e. The average molecular weight is 403 g/mol. The number of hydrogen-bond acceptors (Lipinski definition) is 4. The molecule has 0 bridgehead atoms. The molecule has 2 atom stereocenters. The molecule has 5 heteroatoms. The Morgan fingerprint density at radius 3 is 2.59 bits per heavy atom. The number of hydrogen-bond donors (Lipinski definition) is 1. The van der Waals surface area contributed by atoms with Crippen LogP contribution in [0.25, 0.3) is 0 Å². The van der Waals surface area contributed by atoms with Crippen molar-refractivity contribution in [2.24, 2.45) is 5.92 Å². The third-order valence-electron chi connectivity index (χ3n) is 6.32. The van der Waals surface area contributed by atoms with Crippen molar-refractivity contribution in [3.8, 4) is 5.75 Å². The van der Waals surface area contributed by atoms with Crippen molar-refractivity contribution in [2.45, 2.75) is 77.4 Å². The Labute approximate surface area is 176 Å². The summed E-state index contributed by atoms with van der Waals surface area (Å²) < 4.78 is 11.8. The van der Waals surface area contributed by atoms with Crippen molar-refractivity contribution in [1.29, 1.82) is 0 Å². The van der Waals surface area contributed by atoms with Crippen LogP contribution < -0.4 is 10.1 Å². The number of rotatable bonds is 11. The van der Waals surface area contributed by atoms with E-state index in [1.165, 1.54) is 25.8 Å². The summed E-state index contributed by atoms with van der Waals surface area (Å²) in [6.07, 6.45) is 8.09. The quantitative estimate of drug-likeness (QED) is 0.537. The number of likely N-dealkylation sites (tertiary alicyclic amines) is 1. The Balaban J connectivity index is 1.43. The maximum atomic E-state index is 12.8. The molecule has 1 amide bonds. The van der Waals surface area contributed by atoms with Crippen molar-refractivity contribution in [3.63, 3.8) is 0 Å². The number of anilines is 1. The van der Waals surface area contributed by atoms with Gasteiger partial charge in [0.1, 0.15) is 11.4 Å². The van der Waals surface area contributed by atoms with E-state index >= 15 is 0 Å². The van der Waals surface area contributed by atoms with Crippen molar-refractivity contribution in [1.82, 2.24) is 4.90 Å². The first kappa shape index (κ1) is 22.1. The minimum absolute atomic E-state index is 0.0437. The summed E-state index contributed by atoms with van der Waals surface area (Å²) in [6, 6.07) is 8.38. The average Bonchev–Trinajstić information content (AvgIpc) is 3.57. The normalized spacial score (nSPS) is 22.1. The van der Waals surface area contributed by atoms with Gasteiger partial charge in [0, 0.05) is 24.9 Å². The molecule has 0 unspecified atom stereocenters. The molecule has 2 aliphatic rings. The number of carbonyl (C=O) groups excluding carboxylic acids is 1. The van der Waals surface area contributed by atoms with Crippen LogP contribution in [0, 0.1) is 5.92 Å². The van der Waals surface area contributed by atoms with Crippen molar-refractivity contribution < 1.29 is 14.3 Å². The molecule has 29 heavy (non-hydrogen) atoms. The SMILES string of the molecule is CCCO[C@@](C)(C(=O)Nc1ccc(OCCCN2CCCC[C@H]2C)cc1)C1CC1. The number of carbonyl (C=O) groups is 1. The molecule has 1 saturated carbocycles. The van der Waals surface area contributed by atoms with E-state index in [-0.39, 0.29) is 5.91 Å². The lowest BCUT2D eigenvalue weighted by molar-refractivity contribution is -0.142. The first-order valence-electron chi connectivity index (χ1n) is 11.4. The van der Waals surface area contributed by atoms with Crippen molar-refractivity contribution in [3.05, 3.63) is 24.3 Å². The molecule has 0 spiro atoms. The molecule has 3 rings (SSSR count). The van der Waals surface area contributed by atoms with Gasteiger partial charge in [-0.2, -0.15) is 0 Å². The number of nitrogens with zero attached hydrogens (tertiary/aromatic N) is 1. The lowest BCUT2D eigenvalue weighted by Gasteiger charge is -2.33. The lowest BCUT2D eigenvalue weighted by Crippen LogP contribution is -2.45. The molecule has 162 valence electrons. The van der Waals surface area contributed by atoms with Gasteiger partial charge in [-0.1, -0.05) is 13.3 Å². The molecule has 0 radical (unpaired) electrons. The van der Waals surface area contributed by atoms with E-state index in [1.54, 1.807) is 0 Å². The van der Waals surface area contributed by atoms with Gasteiger partial charge in [0.2, 0.25) is 0 Å². The van der Waals surface area contributed by atoms with Gasteiger partial charge < -0.3 is 19.7 Å². The molecule has 1 N–H and O–H groups in total. The molecule has 1 aliphatic heterocycles. The molecule has 2 fully saturated rings. The number of amides is 1. The highest BCUT2D eigenvalue weighted by Gasteiger charge is 2.48. The summed E-state index contributed by atoms with van der Waals surface area (Å²) in [4.78, 5) is 15.4. The van der Waals surface area contributed by atoms with Crippen LogP contribution in [-0.4, -0.2) is 48.8 Å². The predicted molar refractivity (Wildman–Crippen MR) is 117 cm³/mol. The molecule has 5 nitrogen and oxygen atoms in total. The standard InChI is InChI=1S/C24H38N2O3/c1-4-17-29-24(3,20-9-10-20)23(27)25-21-11-13-22(14-12-21)28-18-7-16-26-15-6-5-8-19(26)2/h11-14,19-20H,4-10,15-18H2,1-3H3,(H,25,27)/t19-,24-/m1/s1. The second-order valence-corrected chi connectivity index (χ2v) is 8.79. The van der Waals surface area contributed by atoms with Crippen molar-refractivity contribution >= 4 is 11.6 Å². The fourth-order valence-electron chi connectivity index (χ4n) is 4.15. The summed E-state index contributed by atoms with van der Waals surface area (Å²) in [6.45, 7) is 9.98. The van der Waals surface area contributed by atoms with Crippen LogP contribution in [0.3, 0.4) is 0 Å². The molecule has 1 saturated heterocycles. The maximum absolute atomic E-state index is 12.8. The smallest absolute Gasteiger partial charge is 0.256 e. The molecule has 1 aromatic rings. The van der Waals surface area contributed by atoms with Crippen LogP contribution in [0.2, 0.25) is 0 Å². The van der Waals surface area contributed by atoms with E-state index in [0.717, 1.165) is 50.3 Å². The fraction of sp³-hybridized carbons (Fsp3) is 0.708. The Morgan fingerprint density at radius 2 is 1.93 bits per heavy atom. The zero-order valence-corrected chi connectivity index (χ0v) is 18.4. The van der Waals surface area contributed by atoms with E-state index in [0.29, 0.717) is 18.6 Å². The van der Waals surface area contributed by atoms with Gasteiger partial charge >= 0.3 is 0 Å². The van der Waals surface area contributed by atoms with Gasteiger partial charge in [-0.05, 0) is 89.1 Å². The van der Waals surface area contributed by atoms with E-state index in [4.69, 9.17) is 9.47 Å². The van der Waals surface area contributed by atoms with Gasteiger partial charge in [0.05, 0.1) is 6.61 Å². The molecule has 1 heterocycles. The van der Waals surface area contributed by atoms with E-state index in [2.05, 4.69) is 24.1 Å². The first-order valence-corrected chi connectivity index (χ1v) is 11.4. The molecular weight excluding hydrogens is 364 g/mol. The van der Waals surface area contributed by atoms with Crippen LogP contribution in [0.15, 0.2) is 24.3 Å². The number of ether oxygens (including phenoxy) is 2. The van der Waals surface area contributed by atoms with E-state index in [1.807, 2.05) is 31.2 Å². The van der Waals surface area contributed by atoms with Crippen LogP contribution in [0.4, 0.5) is 5.69 Å². The molecular formula is C24H38N2O3.